The molecule has 2 amide bonds. The molecule has 0 saturated heterocycles. The van der Waals surface area contributed by atoms with E-state index in [0.29, 0.717) is 22.1 Å². The van der Waals surface area contributed by atoms with Gasteiger partial charge in [-0.05, 0) is 23.8 Å². The summed E-state index contributed by atoms with van der Waals surface area (Å²) in [7, 11) is 0. The third kappa shape index (κ3) is 5.08. The van der Waals surface area contributed by atoms with Gasteiger partial charge in [0, 0.05) is 30.5 Å². The van der Waals surface area contributed by atoms with Gasteiger partial charge in [-0.3, -0.25) is 9.59 Å². The molecule has 0 bridgehead atoms. The normalized spacial score (nSPS) is 13.5. The van der Waals surface area contributed by atoms with Crippen LogP contribution in [0.3, 0.4) is 0 Å². The lowest BCUT2D eigenvalue weighted by Gasteiger charge is -2.29. The molecule has 1 aliphatic heterocycles. The summed E-state index contributed by atoms with van der Waals surface area (Å²) in [4.78, 5) is 30.9. The molecule has 1 aromatic heterocycles. The van der Waals surface area contributed by atoms with E-state index in [1.807, 2.05) is 0 Å². The van der Waals surface area contributed by atoms with Gasteiger partial charge in [-0.2, -0.15) is 13.2 Å². The highest BCUT2D eigenvalue weighted by molar-refractivity contribution is 7.15. The maximum absolute atomic E-state index is 12.9. The van der Waals surface area contributed by atoms with Crippen LogP contribution in [0.2, 0.25) is 0 Å². The zero-order valence-corrected chi connectivity index (χ0v) is 17.5. The molecular weight excluding hydrogens is 443 g/mol. The van der Waals surface area contributed by atoms with Gasteiger partial charge < -0.3 is 15.0 Å². The number of rotatable bonds is 6. The molecule has 0 fully saturated rings. The number of nitrogens with one attached hydrogen (secondary N) is 1. The van der Waals surface area contributed by atoms with E-state index >= 15 is 0 Å². The van der Waals surface area contributed by atoms with Crippen molar-refractivity contribution in [3.05, 3.63) is 70.7 Å². The number of hydrogen-bond acceptors (Lipinski definition) is 5. The summed E-state index contributed by atoms with van der Waals surface area (Å²) in [6.45, 7) is 0.109. The minimum absolute atomic E-state index is 0.0582. The predicted octanol–water partition coefficient (Wildman–Crippen LogP) is 4.51. The minimum atomic E-state index is -4.40. The molecule has 4 rings (SSSR count). The first-order valence-corrected chi connectivity index (χ1v) is 10.5. The molecule has 1 N–H and O–H groups in total. The van der Waals surface area contributed by atoms with E-state index in [0.717, 1.165) is 17.0 Å². The molecular formula is C22H18F3N3O3S. The van der Waals surface area contributed by atoms with Crippen LogP contribution in [0.1, 0.15) is 22.4 Å². The molecule has 0 atom stereocenters. The van der Waals surface area contributed by atoms with Crippen LogP contribution in [0, 0.1) is 0 Å². The van der Waals surface area contributed by atoms with Crippen molar-refractivity contribution in [1.29, 1.82) is 0 Å². The van der Waals surface area contributed by atoms with E-state index in [1.165, 1.54) is 28.5 Å². The Hall–Kier alpha value is -3.40. The largest absolute Gasteiger partial charge is 0.482 e. The van der Waals surface area contributed by atoms with E-state index in [-0.39, 0.29) is 37.8 Å². The first-order valence-electron chi connectivity index (χ1n) is 9.72. The van der Waals surface area contributed by atoms with Crippen LogP contribution in [0.25, 0.3) is 0 Å². The number of hydrogen-bond donors (Lipinski definition) is 1. The molecule has 6 nitrogen and oxygen atoms in total. The topological polar surface area (TPSA) is 71.5 Å². The molecule has 0 radical (unpaired) electrons. The first-order chi connectivity index (χ1) is 15.3. The number of alkyl halides is 3. The Bertz CT molecular complexity index is 1150. The predicted molar refractivity (Wildman–Crippen MR) is 114 cm³/mol. The van der Waals surface area contributed by atoms with Gasteiger partial charge in [-0.25, -0.2) is 4.98 Å². The van der Waals surface area contributed by atoms with Crippen LogP contribution in [-0.2, 0) is 22.2 Å². The molecule has 0 unspecified atom stereocenters. The lowest BCUT2D eigenvalue weighted by molar-refractivity contribution is -0.137. The molecule has 0 aliphatic carbocycles. The smallest absolute Gasteiger partial charge is 0.416 e. The highest BCUT2D eigenvalue weighted by Gasteiger charge is 2.30. The fourth-order valence-corrected chi connectivity index (χ4v) is 4.16. The average Bonchev–Trinajstić information content (AvgIpc) is 3.19. The van der Waals surface area contributed by atoms with Gasteiger partial charge in [0.05, 0.1) is 11.3 Å². The number of amides is 2. The molecule has 32 heavy (non-hydrogen) atoms. The number of ether oxygens (including phenoxy) is 1. The molecule has 0 spiro atoms. The van der Waals surface area contributed by atoms with Crippen molar-refractivity contribution < 1.29 is 27.5 Å². The molecule has 1 aliphatic rings. The van der Waals surface area contributed by atoms with Crippen molar-refractivity contribution in [2.24, 2.45) is 0 Å². The summed E-state index contributed by atoms with van der Waals surface area (Å²) >= 11 is 1.20. The van der Waals surface area contributed by atoms with Gasteiger partial charge in [0.25, 0.3) is 5.91 Å². The molecule has 2 heterocycles. The van der Waals surface area contributed by atoms with Gasteiger partial charge in [0.2, 0.25) is 5.91 Å². The Morgan fingerprint density at radius 2 is 2.00 bits per heavy atom. The zero-order valence-electron chi connectivity index (χ0n) is 16.7. The quantitative estimate of drug-likeness (QED) is 0.587. The Morgan fingerprint density at radius 1 is 1.19 bits per heavy atom. The Kier molecular flexibility index (Phi) is 6.13. The number of anilines is 2. The fraction of sp³-hybridized carbons (Fsp3) is 0.227. The second kappa shape index (κ2) is 8.99. The Labute approximate surface area is 185 Å². The molecule has 2 aromatic carbocycles. The fourth-order valence-electron chi connectivity index (χ4n) is 3.30. The van der Waals surface area contributed by atoms with Crippen LogP contribution in [0.15, 0.2) is 54.7 Å². The number of para-hydroxylation sites is 2. The third-order valence-electron chi connectivity index (χ3n) is 4.80. The highest BCUT2D eigenvalue weighted by Crippen LogP contribution is 2.32. The van der Waals surface area contributed by atoms with E-state index in [2.05, 4.69) is 10.3 Å². The Morgan fingerprint density at radius 3 is 2.81 bits per heavy atom. The summed E-state index contributed by atoms with van der Waals surface area (Å²) in [5, 5.41) is 3.03. The minimum Gasteiger partial charge on any atom is -0.482 e. The number of aromatic nitrogens is 1. The SMILES string of the molecule is O=C(CCN1C(=O)COc2ccccc21)Nc1ncc(Cc2cccc(C(F)(F)F)c2)s1. The number of carbonyl (C=O) groups excluding carboxylic acids is 2. The molecule has 3 aromatic rings. The highest BCUT2D eigenvalue weighted by atomic mass is 32.1. The lowest BCUT2D eigenvalue weighted by atomic mass is 10.1. The van der Waals surface area contributed by atoms with E-state index in [1.54, 1.807) is 30.3 Å². The summed E-state index contributed by atoms with van der Waals surface area (Å²) in [5.74, 6) is 0.0440. The summed E-state index contributed by atoms with van der Waals surface area (Å²) in [6, 6.07) is 12.2. The van der Waals surface area contributed by atoms with E-state index in [4.69, 9.17) is 4.74 Å². The van der Waals surface area contributed by atoms with E-state index < -0.39 is 11.7 Å². The number of benzene rings is 2. The van der Waals surface area contributed by atoms with Crippen LogP contribution < -0.4 is 15.0 Å². The first kappa shape index (κ1) is 21.8. The van der Waals surface area contributed by atoms with Crippen molar-refractivity contribution >= 4 is 34.0 Å². The number of halogens is 3. The van der Waals surface area contributed by atoms with Crippen molar-refractivity contribution in [1.82, 2.24) is 4.98 Å². The number of carbonyl (C=O) groups is 2. The molecule has 10 heteroatoms. The second-order valence-corrected chi connectivity index (χ2v) is 8.22. The van der Waals surface area contributed by atoms with Crippen molar-refractivity contribution in [3.63, 3.8) is 0 Å². The van der Waals surface area contributed by atoms with Crippen molar-refractivity contribution in [2.75, 3.05) is 23.4 Å². The number of nitrogens with zero attached hydrogens (tertiary/aromatic N) is 2. The van der Waals surface area contributed by atoms with Crippen LogP contribution in [0.5, 0.6) is 5.75 Å². The van der Waals surface area contributed by atoms with Crippen LogP contribution in [-0.4, -0.2) is 29.9 Å². The van der Waals surface area contributed by atoms with Crippen molar-refractivity contribution in [2.45, 2.75) is 19.0 Å². The second-order valence-electron chi connectivity index (χ2n) is 7.11. The van der Waals surface area contributed by atoms with Gasteiger partial charge in [-0.1, -0.05) is 30.3 Å². The number of fused-ring (bicyclic) bond motifs is 1. The van der Waals surface area contributed by atoms with Gasteiger partial charge in [-0.15, -0.1) is 11.3 Å². The van der Waals surface area contributed by atoms with Gasteiger partial charge >= 0.3 is 6.18 Å². The maximum atomic E-state index is 12.9. The van der Waals surface area contributed by atoms with Gasteiger partial charge in [0.15, 0.2) is 11.7 Å². The number of thiazole rings is 1. The van der Waals surface area contributed by atoms with E-state index in [9.17, 15) is 22.8 Å². The summed E-state index contributed by atoms with van der Waals surface area (Å²) < 4.78 is 44.0. The molecule has 166 valence electrons. The molecule has 0 saturated carbocycles. The lowest BCUT2D eigenvalue weighted by Crippen LogP contribution is -2.40. The zero-order chi connectivity index (χ0) is 22.7. The summed E-state index contributed by atoms with van der Waals surface area (Å²) in [6.07, 6.45) is -2.54. The van der Waals surface area contributed by atoms with Gasteiger partial charge in [0.1, 0.15) is 5.75 Å². The Balaban J connectivity index is 1.34. The van der Waals surface area contributed by atoms with Crippen LogP contribution in [0.4, 0.5) is 24.0 Å². The maximum Gasteiger partial charge on any atom is 0.416 e. The monoisotopic (exact) mass is 461 g/mol. The standard InChI is InChI=1S/C22H18F3N3O3S/c23-22(24,25)15-5-3-4-14(10-15)11-16-12-26-21(32-16)27-19(29)8-9-28-17-6-1-2-7-18(17)31-13-20(28)30/h1-7,10,12H,8-9,11,13H2,(H,26,27,29). The third-order valence-corrected chi connectivity index (χ3v) is 5.72. The van der Waals surface area contributed by atoms with Crippen LogP contribution >= 0.6 is 11.3 Å². The van der Waals surface area contributed by atoms with Crippen molar-refractivity contribution in [3.8, 4) is 5.75 Å². The average molecular weight is 461 g/mol. The summed E-state index contributed by atoms with van der Waals surface area (Å²) in [5.41, 5.74) is 0.423.